The quantitative estimate of drug-likeness (QED) is 0.700. The summed E-state index contributed by atoms with van der Waals surface area (Å²) in [4.78, 5) is 0. The molecule has 1 fully saturated rings. The fraction of sp³-hybridized carbons (Fsp3) is 0.500. The van der Waals surface area contributed by atoms with Crippen LogP contribution in [-0.2, 0) is 5.41 Å². The zero-order valence-electron chi connectivity index (χ0n) is 8.88. The maximum atomic E-state index is 6.01. The lowest BCUT2D eigenvalue weighted by atomic mass is 9.88. The highest BCUT2D eigenvalue weighted by Crippen LogP contribution is 2.50. The first-order valence-corrected chi connectivity index (χ1v) is 5.18. The maximum absolute atomic E-state index is 6.01. The van der Waals surface area contributed by atoms with Gasteiger partial charge in [-0.25, -0.2) is 0 Å². The van der Waals surface area contributed by atoms with Crippen molar-refractivity contribution in [3.63, 3.8) is 0 Å². The first kappa shape index (κ1) is 9.53. The molecule has 0 spiro atoms. The first-order chi connectivity index (χ1) is 6.56. The Hall–Kier alpha value is -1.02. The van der Waals surface area contributed by atoms with Crippen LogP contribution in [0.2, 0.25) is 0 Å². The second-order valence-electron chi connectivity index (χ2n) is 4.52. The van der Waals surface area contributed by atoms with Crippen molar-refractivity contribution in [2.75, 3.05) is 5.73 Å². The molecule has 2 rings (SSSR count). The number of hydrogen-bond acceptors (Lipinski definition) is 2. The molecule has 1 aromatic carbocycles. The summed E-state index contributed by atoms with van der Waals surface area (Å²) in [5.74, 6) is 0. The van der Waals surface area contributed by atoms with Gasteiger partial charge in [0.1, 0.15) is 0 Å². The second kappa shape index (κ2) is 2.99. The van der Waals surface area contributed by atoms with E-state index in [1.807, 2.05) is 6.92 Å². The first-order valence-electron chi connectivity index (χ1n) is 5.18. The molecular formula is C12H18N2. The molecule has 0 radical (unpaired) electrons. The summed E-state index contributed by atoms with van der Waals surface area (Å²) in [6.07, 6.45) is 2.40. The molecular weight excluding hydrogens is 172 g/mol. The Kier molecular flexibility index (Phi) is 2.04. The van der Waals surface area contributed by atoms with Crippen molar-refractivity contribution in [3.8, 4) is 0 Å². The van der Waals surface area contributed by atoms with Crippen LogP contribution in [0.25, 0.3) is 0 Å². The highest BCUT2D eigenvalue weighted by molar-refractivity contribution is 5.51. The van der Waals surface area contributed by atoms with Gasteiger partial charge in [0.25, 0.3) is 0 Å². The maximum Gasteiger partial charge on any atom is 0.0346 e. The average molecular weight is 190 g/mol. The van der Waals surface area contributed by atoms with Crippen LogP contribution >= 0.6 is 0 Å². The number of nitrogens with two attached hydrogens (primary N) is 2. The van der Waals surface area contributed by atoms with Crippen molar-refractivity contribution >= 4 is 5.69 Å². The van der Waals surface area contributed by atoms with Gasteiger partial charge < -0.3 is 11.5 Å². The number of hydrogen-bond donors (Lipinski definition) is 2. The van der Waals surface area contributed by atoms with Crippen LogP contribution in [-0.4, -0.2) is 6.04 Å². The van der Waals surface area contributed by atoms with E-state index in [9.17, 15) is 0 Å². The Morgan fingerprint density at radius 3 is 2.43 bits per heavy atom. The minimum atomic E-state index is 0.224. The molecule has 2 heteroatoms. The average Bonchev–Trinajstić information content (AvgIpc) is 2.90. The molecule has 0 bridgehead atoms. The molecule has 0 heterocycles. The highest BCUT2D eigenvalue weighted by atomic mass is 14.7. The molecule has 76 valence electrons. The number of rotatable bonds is 2. The van der Waals surface area contributed by atoms with E-state index in [4.69, 9.17) is 11.5 Å². The molecule has 0 aliphatic heterocycles. The Morgan fingerprint density at radius 1 is 1.36 bits per heavy atom. The lowest BCUT2D eigenvalue weighted by molar-refractivity contribution is 0.557. The van der Waals surface area contributed by atoms with Crippen molar-refractivity contribution in [2.45, 2.75) is 38.1 Å². The zero-order chi connectivity index (χ0) is 10.3. The molecule has 1 atom stereocenters. The fourth-order valence-electron chi connectivity index (χ4n) is 2.09. The minimum absolute atomic E-state index is 0.224. The summed E-state index contributed by atoms with van der Waals surface area (Å²) in [5.41, 5.74) is 15.5. The van der Waals surface area contributed by atoms with Crippen molar-refractivity contribution in [2.24, 2.45) is 5.73 Å². The standard InChI is InChI=1S/C12H18N2/c1-8-3-4-10(7-11(8)14)12(5-6-12)9(2)13/h3-4,7,9H,5-6,13-14H2,1-2H3. The van der Waals surface area contributed by atoms with Gasteiger partial charge in [-0.05, 0) is 43.9 Å². The molecule has 4 N–H and O–H groups in total. The second-order valence-corrected chi connectivity index (χ2v) is 4.52. The minimum Gasteiger partial charge on any atom is -0.399 e. The van der Waals surface area contributed by atoms with Crippen LogP contribution in [0.3, 0.4) is 0 Å². The zero-order valence-corrected chi connectivity index (χ0v) is 8.88. The molecule has 14 heavy (non-hydrogen) atoms. The smallest absolute Gasteiger partial charge is 0.0346 e. The van der Waals surface area contributed by atoms with Crippen molar-refractivity contribution in [1.82, 2.24) is 0 Å². The number of nitrogen functional groups attached to an aromatic ring is 1. The van der Waals surface area contributed by atoms with Crippen molar-refractivity contribution in [3.05, 3.63) is 29.3 Å². The van der Waals surface area contributed by atoms with Crippen LogP contribution in [0.15, 0.2) is 18.2 Å². The molecule has 1 unspecified atom stereocenters. The van der Waals surface area contributed by atoms with E-state index in [2.05, 4.69) is 25.1 Å². The van der Waals surface area contributed by atoms with E-state index in [1.54, 1.807) is 0 Å². The van der Waals surface area contributed by atoms with Gasteiger partial charge in [-0.2, -0.15) is 0 Å². The van der Waals surface area contributed by atoms with Crippen LogP contribution < -0.4 is 11.5 Å². The Balaban J connectivity index is 2.38. The predicted molar refractivity (Wildman–Crippen MR) is 60.2 cm³/mol. The van der Waals surface area contributed by atoms with Crippen LogP contribution in [0.5, 0.6) is 0 Å². The summed E-state index contributed by atoms with van der Waals surface area (Å²) in [5, 5.41) is 0. The molecule has 1 aromatic rings. The van der Waals surface area contributed by atoms with Gasteiger partial charge in [0, 0.05) is 17.1 Å². The van der Waals surface area contributed by atoms with Gasteiger partial charge in [0.05, 0.1) is 0 Å². The van der Waals surface area contributed by atoms with Gasteiger partial charge in [-0.3, -0.25) is 0 Å². The normalized spacial score (nSPS) is 20.5. The SMILES string of the molecule is Cc1ccc(C2(C(C)N)CC2)cc1N. The van der Waals surface area contributed by atoms with Gasteiger partial charge in [0.2, 0.25) is 0 Å². The van der Waals surface area contributed by atoms with Crippen molar-refractivity contribution < 1.29 is 0 Å². The van der Waals surface area contributed by atoms with E-state index >= 15 is 0 Å². The van der Waals surface area contributed by atoms with Gasteiger partial charge in [-0.15, -0.1) is 0 Å². The number of aryl methyl sites for hydroxylation is 1. The van der Waals surface area contributed by atoms with Gasteiger partial charge in [0.15, 0.2) is 0 Å². The lowest BCUT2D eigenvalue weighted by Gasteiger charge is -2.20. The third kappa shape index (κ3) is 1.30. The summed E-state index contributed by atoms with van der Waals surface area (Å²) < 4.78 is 0. The fourth-order valence-corrected chi connectivity index (χ4v) is 2.09. The monoisotopic (exact) mass is 190 g/mol. The molecule has 1 aliphatic carbocycles. The molecule has 1 aliphatic rings. The molecule has 1 saturated carbocycles. The summed E-state index contributed by atoms with van der Waals surface area (Å²) in [6, 6.07) is 6.57. The van der Waals surface area contributed by atoms with E-state index < -0.39 is 0 Å². The largest absolute Gasteiger partial charge is 0.399 e. The summed E-state index contributed by atoms with van der Waals surface area (Å²) >= 11 is 0. The third-order valence-corrected chi connectivity index (χ3v) is 3.51. The van der Waals surface area contributed by atoms with E-state index in [1.165, 1.54) is 18.4 Å². The van der Waals surface area contributed by atoms with Gasteiger partial charge >= 0.3 is 0 Å². The topological polar surface area (TPSA) is 52.0 Å². The van der Waals surface area contributed by atoms with Crippen LogP contribution in [0, 0.1) is 6.92 Å². The Morgan fingerprint density at radius 2 is 2.00 bits per heavy atom. The van der Waals surface area contributed by atoms with E-state index in [-0.39, 0.29) is 11.5 Å². The molecule has 0 saturated heterocycles. The van der Waals surface area contributed by atoms with Crippen molar-refractivity contribution in [1.29, 1.82) is 0 Å². The molecule has 0 amide bonds. The predicted octanol–water partition coefficient (Wildman–Crippen LogP) is 1.96. The molecule has 2 nitrogen and oxygen atoms in total. The summed E-state index contributed by atoms with van der Waals surface area (Å²) in [6.45, 7) is 4.12. The summed E-state index contributed by atoms with van der Waals surface area (Å²) in [7, 11) is 0. The Bertz CT molecular complexity index is 351. The highest BCUT2D eigenvalue weighted by Gasteiger charge is 2.47. The number of benzene rings is 1. The van der Waals surface area contributed by atoms with Crippen LogP contribution in [0.4, 0.5) is 5.69 Å². The van der Waals surface area contributed by atoms with E-state index in [0.717, 1.165) is 11.3 Å². The van der Waals surface area contributed by atoms with E-state index in [0.29, 0.717) is 0 Å². The lowest BCUT2D eigenvalue weighted by Crippen LogP contribution is -2.31. The molecule has 0 aromatic heterocycles. The third-order valence-electron chi connectivity index (χ3n) is 3.51. The number of anilines is 1. The van der Waals surface area contributed by atoms with Crippen LogP contribution in [0.1, 0.15) is 30.9 Å². The van der Waals surface area contributed by atoms with Gasteiger partial charge in [-0.1, -0.05) is 12.1 Å². The Labute approximate surface area is 85.3 Å².